The second-order valence-corrected chi connectivity index (χ2v) is 5.32. The smallest absolute Gasteiger partial charge is 0.248 e. The van der Waals surface area contributed by atoms with Crippen molar-refractivity contribution >= 4 is 5.91 Å². The number of primary amides is 1. The van der Waals surface area contributed by atoms with Crippen LogP contribution in [0, 0.1) is 5.82 Å². The van der Waals surface area contributed by atoms with Gasteiger partial charge >= 0.3 is 0 Å². The van der Waals surface area contributed by atoms with Gasteiger partial charge in [0, 0.05) is 17.2 Å². The maximum atomic E-state index is 13.8. The van der Waals surface area contributed by atoms with E-state index >= 15 is 0 Å². The van der Waals surface area contributed by atoms with Crippen molar-refractivity contribution in [2.75, 3.05) is 0 Å². The molecule has 1 aromatic carbocycles. The zero-order valence-electron chi connectivity index (χ0n) is 11.5. The molecular formula is C15H21FN2O2. The maximum Gasteiger partial charge on any atom is 0.248 e. The summed E-state index contributed by atoms with van der Waals surface area (Å²) in [7, 11) is 0. The molecule has 0 radical (unpaired) electrons. The van der Waals surface area contributed by atoms with Crippen LogP contribution in [0.2, 0.25) is 0 Å². The SMILES string of the molecule is NC(=O)c1ccc(COC2CCCCCC2N)c(F)c1. The molecule has 5 heteroatoms. The zero-order chi connectivity index (χ0) is 14.5. The van der Waals surface area contributed by atoms with E-state index < -0.39 is 11.7 Å². The summed E-state index contributed by atoms with van der Waals surface area (Å²) < 4.78 is 19.6. The number of benzene rings is 1. The summed E-state index contributed by atoms with van der Waals surface area (Å²) in [5.74, 6) is -1.11. The van der Waals surface area contributed by atoms with Crippen LogP contribution in [0.15, 0.2) is 18.2 Å². The van der Waals surface area contributed by atoms with Gasteiger partial charge < -0.3 is 16.2 Å². The number of rotatable bonds is 4. The predicted molar refractivity (Wildman–Crippen MR) is 74.6 cm³/mol. The number of carbonyl (C=O) groups excluding carboxylic acids is 1. The minimum Gasteiger partial charge on any atom is -0.372 e. The Morgan fingerprint density at radius 1 is 1.30 bits per heavy atom. The molecule has 110 valence electrons. The fraction of sp³-hybridized carbons (Fsp3) is 0.533. The van der Waals surface area contributed by atoms with Crippen molar-refractivity contribution in [3.05, 3.63) is 35.1 Å². The molecule has 1 aliphatic carbocycles. The van der Waals surface area contributed by atoms with Crippen molar-refractivity contribution in [3.63, 3.8) is 0 Å². The third-order valence-corrected chi connectivity index (χ3v) is 3.79. The van der Waals surface area contributed by atoms with Gasteiger partial charge in [-0.15, -0.1) is 0 Å². The Labute approximate surface area is 118 Å². The fourth-order valence-electron chi connectivity index (χ4n) is 2.52. The first-order chi connectivity index (χ1) is 9.58. The molecule has 0 saturated heterocycles. The molecule has 0 heterocycles. The minimum atomic E-state index is -0.637. The highest BCUT2D eigenvalue weighted by Gasteiger charge is 2.21. The molecule has 4 N–H and O–H groups in total. The highest BCUT2D eigenvalue weighted by Crippen LogP contribution is 2.21. The van der Waals surface area contributed by atoms with Crippen LogP contribution in [0.3, 0.4) is 0 Å². The van der Waals surface area contributed by atoms with Crippen molar-refractivity contribution in [1.29, 1.82) is 0 Å². The van der Waals surface area contributed by atoms with E-state index in [1.54, 1.807) is 0 Å². The van der Waals surface area contributed by atoms with Gasteiger partial charge in [0.05, 0.1) is 12.7 Å². The van der Waals surface area contributed by atoms with Gasteiger partial charge in [0.2, 0.25) is 5.91 Å². The summed E-state index contributed by atoms with van der Waals surface area (Å²) in [5.41, 5.74) is 11.8. The largest absolute Gasteiger partial charge is 0.372 e. The molecule has 0 bridgehead atoms. The number of hydrogen-bond donors (Lipinski definition) is 2. The average molecular weight is 280 g/mol. The molecule has 2 rings (SSSR count). The van der Waals surface area contributed by atoms with Crippen LogP contribution in [0.5, 0.6) is 0 Å². The molecule has 1 amide bonds. The van der Waals surface area contributed by atoms with E-state index in [2.05, 4.69) is 0 Å². The summed E-state index contributed by atoms with van der Waals surface area (Å²) in [5, 5.41) is 0. The first-order valence-electron chi connectivity index (χ1n) is 7.03. The Hall–Kier alpha value is -1.46. The Morgan fingerprint density at radius 2 is 2.05 bits per heavy atom. The van der Waals surface area contributed by atoms with Crippen LogP contribution in [0.1, 0.15) is 48.0 Å². The van der Waals surface area contributed by atoms with Crippen LogP contribution in [0.4, 0.5) is 4.39 Å². The second kappa shape index (κ2) is 6.81. The Kier molecular flexibility index (Phi) is 5.09. The highest BCUT2D eigenvalue weighted by atomic mass is 19.1. The molecule has 4 nitrogen and oxygen atoms in total. The van der Waals surface area contributed by atoms with Crippen LogP contribution < -0.4 is 11.5 Å². The van der Waals surface area contributed by atoms with Gasteiger partial charge in [-0.1, -0.05) is 25.3 Å². The van der Waals surface area contributed by atoms with Gasteiger partial charge in [-0.2, -0.15) is 0 Å². The monoisotopic (exact) mass is 280 g/mol. The fourth-order valence-corrected chi connectivity index (χ4v) is 2.52. The Morgan fingerprint density at radius 3 is 2.75 bits per heavy atom. The van der Waals surface area contributed by atoms with Gasteiger partial charge in [-0.05, 0) is 25.0 Å². The molecule has 1 fully saturated rings. The lowest BCUT2D eigenvalue weighted by molar-refractivity contribution is 0.0181. The van der Waals surface area contributed by atoms with Crippen LogP contribution in [-0.2, 0) is 11.3 Å². The van der Waals surface area contributed by atoms with Crippen LogP contribution >= 0.6 is 0 Å². The third-order valence-electron chi connectivity index (χ3n) is 3.79. The van der Waals surface area contributed by atoms with Gasteiger partial charge in [0.25, 0.3) is 0 Å². The lowest BCUT2D eigenvalue weighted by atomic mass is 10.1. The lowest BCUT2D eigenvalue weighted by Crippen LogP contribution is -2.35. The van der Waals surface area contributed by atoms with Crippen molar-refractivity contribution < 1.29 is 13.9 Å². The highest BCUT2D eigenvalue weighted by molar-refractivity contribution is 5.92. The molecule has 1 saturated carbocycles. The maximum absolute atomic E-state index is 13.8. The van der Waals surface area contributed by atoms with E-state index in [0.29, 0.717) is 5.56 Å². The molecule has 1 aromatic rings. The van der Waals surface area contributed by atoms with Gasteiger partial charge in [0.15, 0.2) is 0 Å². The topological polar surface area (TPSA) is 78.3 Å². The molecule has 2 atom stereocenters. The molecule has 0 spiro atoms. The van der Waals surface area contributed by atoms with E-state index in [-0.39, 0.29) is 24.3 Å². The van der Waals surface area contributed by atoms with Crippen LogP contribution in [0.25, 0.3) is 0 Å². The first kappa shape index (κ1) is 14.9. The van der Waals surface area contributed by atoms with Crippen molar-refractivity contribution in [3.8, 4) is 0 Å². The number of nitrogens with two attached hydrogens (primary N) is 2. The molecule has 0 aliphatic heterocycles. The van der Waals surface area contributed by atoms with Crippen molar-refractivity contribution in [2.45, 2.75) is 50.9 Å². The predicted octanol–water partition coefficient (Wildman–Crippen LogP) is 2.10. The van der Waals surface area contributed by atoms with Gasteiger partial charge in [-0.3, -0.25) is 4.79 Å². The minimum absolute atomic E-state index is 0.0189. The number of hydrogen-bond acceptors (Lipinski definition) is 3. The van der Waals surface area contributed by atoms with Crippen molar-refractivity contribution in [1.82, 2.24) is 0 Å². The van der Waals surface area contributed by atoms with E-state index in [1.807, 2.05) is 0 Å². The second-order valence-electron chi connectivity index (χ2n) is 5.32. The van der Waals surface area contributed by atoms with E-state index in [9.17, 15) is 9.18 Å². The number of halogens is 1. The quantitative estimate of drug-likeness (QED) is 0.829. The normalized spacial score (nSPS) is 23.3. The van der Waals surface area contributed by atoms with Crippen molar-refractivity contribution in [2.24, 2.45) is 11.5 Å². The average Bonchev–Trinajstić information content (AvgIpc) is 2.62. The molecule has 20 heavy (non-hydrogen) atoms. The number of ether oxygens (including phenoxy) is 1. The summed E-state index contributed by atoms with van der Waals surface area (Å²) in [6.07, 6.45) is 5.25. The van der Waals surface area contributed by atoms with Crippen LogP contribution in [-0.4, -0.2) is 18.1 Å². The number of carbonyl (C=O) groups is 1. The Balaban J connectivity index is 1.97. The van der Waals surface area contributed by atoms with Gasteiger partial charge in [-0.25, -0.2) is 4.39 Å². The van der Waals surface area contributed by atoms with Gasteiger partial charge in [0.1, 0.15) is 5.82 Å². The summed E-state index contributed by atoms with van der Waals surface area (Å²) in [6, 6.07) is 4.22. The summed E-state index contributed by atoms with van der Waals surface area (Å²) in [4.78, 5) is 11.0. The van der Waals surface area contributed by atoms with E-state index in [4.69, 9.17) is 16.2 Å². The molecule has 1 aliphatic rings. The molecular weight excluding hydrogens is 259 g/mol. The third kappa shape index (κ3) is 3.77. The first-order valence-corrected chi connectivity index (χ1v) is 7.03. The zero-order valence-corrected chi connectivity index (χ0v) is 11.5. The summed E-state index contributed by atoms with van der Waals surface area (Å²) >= 11 is 0. The van der Waals surface area contributed by atoms with E-state index in [0.717, 1.165) is 31.7 Å². The standard InChI is InChI=1S/C15H21FN2O2/c16-12-8-10(15(18)19)6-7-11(12)9-20-14-5-3-1-2-4-13(14)17/h6-8,13-14H,1-5,9,17H2,(H2,18,19). The molecule has 2 unspecified atom stereocenters. The summed E-state index contributed by atoms with van der Waals surface area (Å²) in [6.45, 7) is 0.170. The Bertz CT molecular complexity index is 479. The molecule has 0 aromatic heterocycles. The number of amides is 1. The lowest BCUT2D eigenvalue weighted by Gasteiger charge is -2.22. The van der Waals surface area contributed by atoms with E-state index in [1.165, 1.54) is 18.6 Å².